The first-order valence-corrected chi connectivity index (χ1v) is 11.7. The van der Waals surface area contributed by atoms with Crippen molar-refractivity contribution >= 4 is 23.5 Å². The number of esters is 1. The summed E-state index contributed by atoms with van der Waals surface area (Å²) < 4.78 is 25.4. The van der Waals surface area contributed by atoms with Crippen molar-refractivity contribution in [3.05, 3.63) is 36.3 Å². The van der Waals surface area contributed by atoms with Crippen LogP contribution in [0, 0.1) is 11.7 Å². The Morgan fingerprint density at radius 1 is 1.24 bits per heavy atom. The van der Waals surface area contributed by atoms with E-state index in [9.17, 15) is 14.0 Å². The van der Waals surface area contributed by atoms with Gasteiger partial charge in [-0.2, -0.15) is 0 Å². The van der Waals surface area contributed by atoms with Gasteiger partial charge in [-0.25, -0.2) is 14.4 Å². The lowest BCUT2D eigenvalue weighted by atomic mass is 9.86. The third-order valence-corrected chi connectivity index (χ3v) is 5.96. The average molecular weight is 471 g/mol. The van der Waals surface area contributed by atoms with Gasteiger partial charge >= 0.3 is 5.97 Å². The Balaban J connectivity index is 1.43. The van der Waals surface area contributed by atoms with Crippen LogP contribution < -0.4 is 10.2 Å². The van der Waals surface area contributed by atoms with E-state index in [1.165, 1.54) is 0 Å². The summed E-state index contributed by atoms with van der Waals surface area (Å²) in [4.78, 5) is 34.7. The molecule has 34 heavy (non-hydrogen) atoms. The van der Waals surface area contributed by atoms with Crippen molar-refractivity contribution in [3.8, 4) is 11.3 Å². The lowest BCUT2D eigenvalue weighted by molar-refractivity contribution is -0.161. The van der Waals surface area contributed by atoms with Crippen molar-refractivity contribution in [2.75, 3.05) is 30.0 Å². The summed E-state index contributed by atoms with van der Waals surface area (Å²) in [6.07, 6.45) is 4.14. The highest BCUT2D eigenvalue weighted by Crippen LogP contribution is 2.30. The number of amides is 1. The maximum Gasteiger partial charge on any atom is 0.309 e. The molecule has 2 aromatic rings. The number of ether oxygens (including phenoxy) is 2. The molecule has 1 aliphatic heterocycles. The van der Waals surface area contributed by atoms with Gasteiger partial charge < -0.3 is 19.7 Å². The van der Waals surface area contributed by atoms with Gasteiger partial charge in [0.1, 0.15) is 17.9 Å². The van der Waals surface area contributed by atoms with Gasteiger partial charge in [-0.15, -0.1) is 0 Å². The largest absolute Gasteiger partial charge is 0.460 e. The molecule has 182 valence electrons. The second-order valence-electron chi connectivity index (χ2n) is 9.76. The highest BCUT2D eigenvalue weighted by atomic mass is 19.1. The van der Waals surface area contributed by atoms with Crippen LogP contribution in [0.15, 0.2) is 30.5 Å². The molecule has 1 saturated carbocycles. The van der Waals surface area contributed by atoms with Crippen LogP contribution in [0.2, 0.25) is 0 Å². The zero-order valence-electron chi connectivity index (χ0n) is 19.8. The van der Waals surface area contributed by atoms with Gasteiger partial charge in [0.05, 0.1) is 18.7 Å². The third-order valence-electron chi connectivity index (χ3n) is 5.96. The second kappa shape index (κ2) is 10.0. The lowest BCUT2D eigenvalue weighted by Crippen LogP contribution is -2.41. The molecule has 1 aromatic carbocycles. The number of nitrogens with one attached hydrogen (secondary N) is 1. The van der Waals surface area contributed by atoms with Crippen LogP contribution in [0.5, 0.6) is 0 Å². The number of carbonyl (C=O) groups excluding carboxylic acids is 2. The van der Waals surface area contributed by atoms with Crippen molar-refractivity contribution in [2.45, 2.75) is 58.1 Å². The summed E-state index contributed by atoms with van der Waals surface area (Å²) in [5.41, 5.74) is 0.923. The van der Waals surface area contributed by atoms with Crippen LogP contribution in [0.25, 0.3) is 11.3 Å². The van der Waals surface area contributed by atoms with E-state index in [2.05, 4.69) is 15.3 Å². The van der Waals surface area contributed by atoms with Crippen LogP contribution in [-0.4, -0.2) is 53.2 Å². The van der Waals surface area contributed by atoms with Crippen LogP contribution in [-0.2, 0) is 19.1 Å². The number of carbonyl (C=O) groups is 2. The van der Waals surface area contributed by atoms with Crippen molar-refractivity contribution < 1.29 is 23.5 Å². The first kappa shape index (κ1) is 24.1. The standard InChI is InChI=1S/C25H31FN4O4/c1-25(2,3)34-23(32)16-7-9-18(10-8-16)28-24-27-14-20(26)22(29-24)17-5-4-6-19(13-17)30-11-12-33-15-21(30)31/h4-6,13-14,16,18H,7-12,15H2,1-3H3,(H,27,28,29)/t16-,18-. The van der Waals surface area contributed by atoms with Gasteiger partial charge in [0, 0.05) is 23.8 Å². The quantitative estimate of drug-likeness (QED) is 0.661. The Hall–Kier alpha value is -3.07. The molecule has 1 aromatic heterocycles. The van der Waals surface area contributed by atoms with E-state index in [4.69, 9.17) is 9.47 Å². The van der Waals surface area contributed by atoms with Crippen molar-refractivity contribution in [1.29, 1.82) is 0 Å². The third kappa shape index (κ3) is 5.88. The van der Waals surface area contributed by atoms with Gasteiger partial charge in [-0.05, 0) is 58.6 Å². The van der Waals surface area contributed by atoms with E-state index in [1.54, 1.807) is 23.1 Å². The number of hydrogen-bond donors (Lipinski definition) is 1. The van der Waals surface area contributed by atoms with E-state index >= 15 is 0 Å². The second-order valence-corrected chi connectivity index (χ2v) is 9.76. The van der Waals surface area contributed by atoms with E-state index in [0.717, 1.165) is 31.9 Å². The van der Waals surface area contributed by atoms with Crippen molar-refractivity contribution in [2.24, 2.45) is 5.92 Å². The Bertz CT molecular complexity index is 1050. The molecule has 1 saturated heterocycles. The number of halogens is 1. The number of anilines is 2. The molecular weight excluding hydrogens is 439 g/mol. The summed E-state index contributed by atoms with van der Waals surface area (Å²) in [7, 11) is 0. The molecule has 8 nitrogen and oxygen atoms in total. The average Bonchev–Trinajstić information content (AvgIpc) is 2.80. The minimum Gasteiger partial charge on any atom is -0.460 e. The first-order chi connectivity index (χ1) is 16.2. The highest BCUT2D eigenvalue weighted by Gasteiger charge is 2.30. The molecule has 0 spiro atoms. The Morgan fingerprint density at radius 3 is 2.71 bits per heavy atom. The molecule has 2 aliphatic rings. The molecule has 2 fully saturated rings. The van der Waals surface area contributed by atoms with Crippen LogP contribution in [0.4, 0.5) is 16.0 Å². The summed E-state index contributed by atoms with van der Waals surface area (Å²) in [6, 6.07) is 7.20. The summed E-state index contributed by atoms with van der Waals surface area (Å²) in [5, 5.41) is 3.29. The molecule has 1 amide bonds. The zero-order valence-corrected chi connectivity index (χ0v) is 19.8. The monoisotopic (exact) mass is 470 g/mol. The smallest absolute Gasteiger partial charge is 0.309 e. The molecule has 9 heteroatoms. The Morgan fingerprint density at radius 2 is 2.00 bits per heavy atom. The molecule has 0 unspecified atom stereocenters. The minimum absolute atomic E-state index is 0.0380. The number of rotatable bonds is 5. The van der Waals surface area contributed by atoms with Gasteiger partial charge in [-0.1, -0.05) is 12.1 Å². The molecule has 0 atom stereocenters. The van der Waals surface area contributed by atoms with Gasteiger partial charge in [-0.3, -0.25) is 9.59 Å². The van der Waals surface area contributed by atoms with Gasteiger partial charge in [0.25, 0.3) is 5.91 Å². The molecule has 1 aliphatic carbocycles. The minimum atomic E-state index is -0.537. The maximum atomic E-state index is 14.7. The maximum absolute atomic E-state index is 14.7. The Labute approximate surface area is 198 Å². The zero-order chi connectivity index (χ0) is 24.3. The lowest BCUT2D eigenvalue weighted by Gasteiger charge is -2.30. The number of morpholine rings is 1. The number of aromatic nitrogens is 2. The predicted octanol–water partition coefficient (Wildman–Crippen LogP) is 3.96. The van der Waals surface area contributed by atoms with Crippen LogP contribution in [0.3, 0.4) is 0 Å². The summed E-state index contributed by atoms with van der Waals surface area (Å²) in [5.74, 6) is -0.581. The van der Waals surface area contributed by atoms with E-state index in [1.807, 2.05) is 26.8 Å². The van der Waals surface area contributed by atoms with E-state index < -0.39 is 11.4 Å². The molecule has 0 radical (unpaired) electrons. The molecule has 2 heterocycles. The van der Waals surface area contributed by atoms with Crippen molar-refractivity contribution in [1.82, 2.24) is 9.97 Å². The SMILES string of the molecule is CC(C)(C)OC(=O)[C@H]1CC[C@H](Nc2ncc(F)c(-c3cccc(N4CCOCC4=O)c3)n2)CC1. The molecule has 1 N–H and O–H groups in total. The van der Waals surface area contributed by atoms with E-state index in [0.29, 0.717) is 30.4 Å². The normalized spacial score (nSPS) is 21.3. The van der Waals surface area contributed by atoms with Crippen LogP contribution >= 0.6 is 0 Å². The fourth-order valence-electron chi connectivity index (χ4n) is 4.29. The predicted molar refractivity (Wildman–Crippen MR) is 126 cm³/mol. The topological polar surface area (TPSA) is 93.6 Å². The fourth-order valence-corrected chi connectivity index (χ4v) is 4.29. The van der Waals surface area contributed by atoms with Crippen LogP contribution in [0.1, 0.15) is 46.5 Å². The molecule has 4 rings (SSSR count). The van der Waals surface area contributed by atoms with Crippen molar-refractivity contribution in [3.63, 3.8) is 0 Å². The molecular formula is C25H31FN4O4. The van der Waals surface area contributed by atoms with E-state index in [-0.39, 0.29) is 36.1 Å². The number of hydrogen-bond acceptors (Lipinski definition) is 7. The molecule has 0 bridgehead atoms. The highest BCUT2D eigenvalue weighted by molar-refractivity contribution is 5.95. The number of benzene rings is 1. The fraction of sp³-hybridized carbons (Fsp3) is 0.520. The number of nitrogens with zero attached hydrogens (tertiary/aromatic N) is 3. The Kier molecular flexibility index (Phi) is 7.11. The van der Waals surface area contributed by atoms with Gasteiger partial charge in [0.2, 0.25) is 5.95 Å². The van der Waals surface area contributed by atoms with Gasteiger partial charge in [0.15, 0.2) is 5.82 Å². The first-order valence-electron chi connectivity index (χ1n) is 11.7. The summed E-state index contributed by atoms with van der Waals surface area (Å²) in [6.45, 7) is 6.56. The summed E-state index contributed by atoms with van der Waals surface area (Å²) >= 11 is 0.